The van der Waals surface area contributed by atoms with Crippen molar-refractivity contribution >= 4 is 29.2 Å². The summed E-state index contributed by atoms with van der Waals surface area (Å²) in [7, 11) is 0. The number of carbonyl (C=O) groups is 2. The monoisotopic (exact) mass is 305 g/mol. The maximum Gasteiger partial charge on any atom is 0.337 e. The van der Waals surface area contributed by atoms with Crippen LogP contribution < -0.4 is 5.32 Å². The number of carboxylic acid groups (broad SMARTS) is 1. The van der Waals surface area contributed by atoms with E-state index in [1.807, 2.05) is 4.57 Å². The Hall–Kier alpha value is -2.34. The third kappa shape index (κ3) is 2.90. The Morgan fingerprint density at radius 1 is 1.33 bits per heavy atom. The van der Waals surface area contributed by atoms with Crippen molar-refractivity contribution in [2.24, 2.45) is 0 Å². The maximum absolute atomic E-state index is 12.3. The molecule has 0 saturated heterocycles. The Kier molecular flexibility index (Phi) is 3.39. The first-order valence-corrected chi connectivity index (χ1v) is 6.79. The zero-order chi connectivity index (χ0) is 15.0. The van der Waals surface area contributed by atoms with Crippen molar-refractivity contribution in [3.8, 4) is 0 Å². The highest BCUT2D eigenvalue weighted by molar-refractivity contribution is 6.31. The SMILES string of the molecule is O=C(O)c1cncc(NC(=O)c2cc(Cl)cn2C2CC2)c1. The highest BCUT2D eigenvalue weighted by atomic mass is 35.5. The average Bonchev–Trinajstić information content (AvgIpc) is 3.21. The van der Waals surface area contributed by atoms with E-state index < -0.39 is 5.97 Å². The van der Waals surface area contributed by atoms with Crippen LogP contribution in [0.25, 0.3) is 0 Å². The molecule has 0 bridgehead atoms. The molecule has 1 aliphatic rings. The summed E-state index contributed by atoms with van der Waals surface area (Å²) in [6.45, 7) is 0. The minimum Gasteiger partial charge on any atom is -0.478 e. The van der Waals surface area contributed by atoms with Crippen molar-refractivity contribution in [2.75, 3.05) is 5.32 Å². The molecule has 0 aromatic carbocycles. The number of carboxylic acids is 1. The third-order valence-corrected chi connectivity index (χ3v) is 3.44. The van der Waals surface area contributed by atoms with Gasteiger partial charge >= 0.3 is 5.97 Å². The van der Waals surface area contributed by atoms with Crippen LogP contribution in [0.15, 0.2) is 30.7 Å². The summed E-state index contributed by atoms with van der Waals surface area (Å²) >= 11 is 5.96. The fourth-order valence-electron chi connectivity index (χ4n) is 2.10. The molecule has 2 heterocycles. The second-order valence-corrected chi connectivity index (χ2v) is 5.34. The Morgan fingerprint density at radius 3 is 2.76 bits per heavy atom. The Labute approximate surface area is 125 Å². The predicted octanol–water partition coefficient (Wildman–Crippen LogP) is 2.82. The lowest BCUT2D eigenvalue weighted by Gasteiger charge is -2.08. The summed E-state index contributed by atoms with van der Waals surface area (Å²) in [6, 6.07) is 3.28. The average molecular weight is 306 g/mol. The van der Waals surface area contributed by atoms with Crippen LogP contribution >= 0.6 is 11.6 Å². The lowest BCUT2D eigenvalue weighted by Crippen LogP contribution is -2.16. The molecule has 2 N–H and O–H groups in total. The molecule has 2 aromatic heterocycles. The normalized spacial score (nSPS) is 14.0. The van der Waals surface area contributed by atoms with Crippen molar-refractivity contribution in [3.05, 3.63) is 47.0 Å². The molecule has 2 aromatic rings. The standard InChI is InChI=1S/C14H12ClN3O3/c15-9-4-12(18(7-9)11-1-2-11)13(19)17-10-3-8(14(20)21)5-16-6-10/h3-7,11H,1-2H2,(H,17,19)(H,20,21). The van der Waals surface area contributed by atoms with Gasteiger partial charge in [-0.2, -0.15) is 0 Å². The van der Waals surface area contributed by atoms with E-state index in [1.165, 1.54) is 18.5 Å². The number of aromatic nitrogens is 2. The number of pyridine rings is 1. The smallest absolute Gasteiger partial charge is 0.337 e. The molecule has 1 fully saturated rings. The number of anilines is 1. The largest absolute Gasteiger partial charge is 0.478 e. The molecule has 3 rings (SSSR count). The summed E-state index contributed by atoms with van der Waals surface area (Å²) in [5.41, 5.74) is 0.811. The first kappa shape index (κ1) is 13.6. The number of hydrogen-bond acceptors (Lipinski definition) is 3. The van der Waals surface area contributed by atoms with E-state index in [0.29, 0.717) is 22.4 Å². The third-order valence-electron chi connectivity index (χ3n) is 3.23. The zero-order valence-corrected chi connectivity index (χ0v) is 11.7. The van der Waals surface area contributed by atoms with E-state index in [2.05, 4.69) is 10.3 Å². The van der Waals surface area contributed by atoms with Crippen molar-refractivity contribution < 1.29 is 14.7 Å². The molecule has 0 aliphatic heterocycles. The van der Waals surface area contributed by atoms with Crippen molar-refractivity contribution in [1.29, 1.82) is 0 Å². The lowest BCUT2D eigenvalue weighted by molar-refractivity contribution is 0.0696. The molecule has 21 heavy (non-hydrogen) atoms. The van der Waals surface area contributed by atoms with Crippen molar-refractivity contribution in [1.82, 2.24) is 9.55 Å². The van der Waals surface area contributed by atoms with Crippen LogP contribution in [0.1, 0.15) is 39.7 Å². The molecular formula is C14H12ClN3O3. The first-order valence-electron chi connectivity index (χ1n) is 6.41. The molecule has 0 radical (unpaired) electrons. The number of amides is 1. The van der Waals surface area contributed by atoms with Crippen LogP contribution in [0.3, 0.4) is 0 Å². The van der Waals surface area contributed by atoms with Gasteiger partial charge in [-0.15, -0.1) is 0 Å². The molecule has 0 unspecified atom stereocenters. The van der Waals surface area contributed by atoms with Gasteiger partial charge in [0.15, 0.2) is 0 Å². The van der Waals surface area contributed by atoms with Crippen LogP contribution in [-0.2, 0) is 0 Å². The van der Waals surface area contributed by atoms with Crippen LogP contribution in [0.4, 0.5) is 5.69 Å². The van der Waals surface area contributed by atoms with Crippen LogP contribution in [0, 0.1) is 0 Å². The quantitative estimate of drug-likeness (QED) is 0.909. The molecule has 108 valence electrons. The van der Waals surface area contributed by atoms with Crippen molar-refractivity contribution in [2.45, 2.75) is 18.9 Å². The van der Waals surface area contributed by atoms with Gasteiger partial charge in [-0.1, -0.05) is 11.6 Å². The molecule has 0 spiro atoms. The van der Waals surface area contributed by atoms with Gasteiger partial charge in [0, 0.05) is 18.4 Å². The van der Waals surface area contributed by atoms with E-state index in [-0.39, 0.29) is 11.5 Å². The number of hydrogen-bond donors (Lipinski definition) is 2. The topological polar surface area (TPSA) is 84.2 Å². The number of rotatable bonds is 4. The summed E-state index contributed by atoms with van der Waals surface area (Å²) < 4.78 is 1.85. The maximum atomic E-state index is 12.3. The van der Waals surface area contributed by atoms with Gasteiger partial charge in [0.1, 0.15) is 5.69 Å². The van der Waals surface area contributed by atoms with Gasteiger partial charge < -0.3 is 15.0 Å². The Balaban J connectivity index is 1.83. The van der Waals surface area contributed by atoms with E-state index in [1.54, 1.807) is 12.3 Å². The fraction of sp³-hybridized carbons (Fsp3) is 0.214. The number of nitrogens with zero attached hydrogens (tertiary/aromatic N) is 2. The van der Waals surface area contributed by atoms with E-state index in [9.17, 15) is 9.59 Å². The summed E-state index contributed by atoms with van der Waals surface area (Å²) in [5.74, 6) is -1.43. The number of nitrogens with one attached hydrogen (secondary N) is 1. The molecular weight excluding hydrogens is 294 g/mol. The van der Waals surface area contributed by atoms with Crippen molar-refractivity contribution in [3.63, 3.8) is 0 Å². The van der Waals surface area contributed by atoms with E-state index in [4.69, 9.17) is 16.7 Å². The lowest BCUT2D eigenvalue weighted by atomic mass is 10.2. The summed E-state index contributed by atoms with van der Waals surface area (Å²) in [5, 5.41) is 12.1. The predicted molar refractivity (Wildman–Crippen MR) is 76.9 cm³/mol. The highest BCUT2D eigenvalue weighted by Crippen LogP contribution is 2.37. The van der Waals surface area contributed by atoms with Crippen LogP contribution in [0.5, 0.6) is 0 Å². The van der Waals surface area contributed by atoms with Gasteiger partial charge in [-0.3, -0.25) is 9.78 Å². The minimum absolute atomic E-state index is 0.0170. The molecule has 1 saturated carbocycles. The Morgan fingerprint density at radius 2 is 2.10 bits per heavy atom. The van der Waals surface area contributed by atoms with Gasteiger partial charge in [0.05, 0.1) is 22.5 Å². The summed E-state index contributed by atoms with van der Waals surface area (Å²) in [4.78, 5) is 27.0. The molecule has 6 nitrogen and oxygen atoms in total. The van der Waals surface area contributed by atoms with Crippen LogP contribution in [0.2, 0.25) is 5.02 Å². The molecule has 1 aliphatic carbocycles. The highest BCUT2D eigenvalue weighted by Gasteiger charge is 2.27. The van der Waals surface area contributed by atoms with Gasteiger partial charge in [-0.25, -0.2) is 4.79 Å². The minimum atomic E-state index is -1.09. The zero-order valence-electron chi connectivity index (χ0n) is 10.9. The van der Waals surface area contributed by atoms with Gasteiger partial charge in [0.2, 0.25) is 0 Å². The van der Waals surface area contributed by atoms with Crippen LogP contribution in [-0.4, -0.2) is 26.5 Å². The second-order valence-electron chi connectivity index (χ2n) is 4.90. The Bertz CT molecular complexity index is 722. The summed E-state index contributed by atoms with van der Waals surface area (Å²) in [6.07, 6.45) is 6.42. The molecule has 1 amide bonds. The number of aromatic carboxylic acids is 1. The fourth-order valence-corrected chi connectivity index (χ4v) is 2.31. The molecule has 7 heteroatoms. The van der Waals surface area contributed by atoms with E-state index in [0.717, 1.165) is 12.8 Å². The van der Waals surface area contributed by atoms with Gasteiger partial charge in [0.25, 0.3) is 5.91 Å². The number of halogens is 1. The second kappa shape index (κ2) is 5.21. The molecule has 0 atom stereocenters. The first-order chi connectivity index (χ1) is 10.0. The number of carbonyl (C=O) groups excluding carboxylic acids is 1. The van der Waals surface area contributed by atoms with E-state index >= 15 is 0 Å². The van der Waals surface area contributed by atoms with Gasteiger partial charge in [-0.05, 0) is 25.0 Å².